The van der Waals surface area contributed by atoms with Gasteiger partial charge in [-0.25, -0.2) is 19.6 Å². The van der Waals surface area contributed by atoms with Crippen LogP contribution in [0.1, 0.15) is 55.7 Å². The van der Waals surface area contributed by atoms with Crippen LogP contribution in [0, 0.1) is 0 Å². The lowest BCUT2D eigenvalue weighted by Gasteiger charge is -2.25. The molecule has 0 atom stereocenters. The van der Waals surface area contributed by atoms with Crippen molar-refractivity contribution in [2.24, 2.45) is 0 Å². The molecule has 0 spiro atoms. The normalized spacial score (nSPS) is 14.9. The Bertz CT molecular complexity index is 1800. The van der Waals surface area contributed by atoms with Crippen molar-refractivity contribution in [1.82, 2.24) is 20.2 Å². The van der Waals surface area contributed by atoms with Crippen LogP contribution in [0.25, 0.3) is 21.1 Å². The summed E-state index contributed by atoms with van der Waals surface area (Å²) < 4.78 is 96.3. The van der Waals surface area contributed by atoms with Gasteiger partial charge in [0.05, 0.1) is 62.2 Å². The van der Waals surface area contributed by atoms with E-state index in [1.54, 1.807) is 13.8 Å². The molecule has 0 aliphatic carbocycles. The molecule has 4 heterocycles. The summed E-state index contributed by atoms with van der Waals surface area (Å²) in [6.07, 6.45) is -8.77. The molecule has 6 rings (SSSR count). The van der Waals surface area contributed by atoms with E-state index in [1.165, 1.54) is 24.3 Å². The van der Waals surface area contributed by atoms with E-state index in [0.717, 1.165) is 86.3 Å². The number of carbonyl (C=O) groups is 2. The molecule has 2 saturated heterocycles. The number of thiazole rings is 2. The molecule has 0 bridgehead atoms. The Morgan fingerprint density at radius 1 is 0.727 bits per heavy atom. The van der Waals surface area contributed by atoms with Gasteiger partial charge in [0.2, 0.25) is 0 Å². The van der Waals surface area contributed by atoms with Crippen LogP contribution >= 0.6 is 38.6 Å². The Morgan fingerprint density at radius 2 is 1.15 bits per heavy atom. The second-order valence-electron chi connectivity index (χ2n) is 11.6. The highest BCUT2D eigenvalue weighted by molar-refractivity contribution is 9.08. The Hall–Kier alpha value is -3.46. The average molecular weight is 882 g/mol. The molecule has 4 aromatic rings. The molecular weight excluding hydrogens is 842 g/mol. The van der Waals surface area contributed by atoms with Gasteiger partial charge in [-0.3, -0.25) is 4.90 Å². The van der Waals surface area contributed by atoms with Crippen molar-refractivity contribution in [2.45, 2.75) is 38.1 Å². The predicted molar refractivity (Wildman–Crippen MR) is 199 cm³/mol. The van der Waals surface area contributed by atoms with Crippen molar-refractivity contribution in [3.8, 4) is 21.1 Å². The van der Waals surface area contributed by atoms with Crippen molar-refractivity contribution in [3.63, 3.8) is 0 Å². The highest BCUT2D eigenvalue weighted by Gasteiger charge is 2.31. The fourth-order valence-electron chi connectivity index (χ4n) is 4.95. The van der Waals surface area contributed by atoms with E-state index in [-0.39, 0.29) is 13.2 Å². The van der Waals surface area contributed by atoms with Crippen LogP contribution in [0.15, 0.2) is 48.5 Å². The van der Waals surface area contributed by atoms with Gasteiger partial charge < -0.3 is 24.3 Å². The topological polar surface area (TPSA) is 112 Å². The van der Waals surface area contributed by atoms with E-state index in [9.17, 15) is 35.9 Å². The summed E-state index contributed by atoms with van der Waals surface area (Å²) in [5, 5.41) is 4.49. The number of aromatic nitrogens is 2. The van der Waals surface area contributed by atoms with E-state index in [1.807, 2.05) is 0 Å². The smallest absolute Gasteiger partial charge is 0.416 e. The summed E-state index contributed by atoms with van der Waals surface area (Å²) in [5.41, 5.74) is 0.706. The summed E-state index contributed by atoms with van der Waals surface area (Å²) in [4.78, 5) is 35.8. The van der Waals surface area contributed by atoms with Gasteiger partial charge in [0.1, 0.15) is 19.8 Å². The van der Waals surface area contributed by atoms with Crippen molar-refractivity contribution in [2.75, 3.05) is 65.8 Å². The number of alkyl halides is 7. The largest absolute Gasteiger partial charge is 0.462 e. The van der Waals surface area contributed by atoms with Crippen molar-refractivity contribution >= 4 is 50.5 Å². The van der Waals surface area contributed by atoms with E-state index in [2.05, 4.69) is 36.1 Å². The van der Waals surface area contributed by atoms with Crippen molar-refractivity contribution in [1.29, 1.82) is 0 Å². The van der Waals surface area contributed by atoms with Gasteiger partial charge in [-0.15, -0.1) is 22.7 Å². The third kappa shape index (κ3) is 13.3. The molecule has 0 amide bonds. The first-order valence-corrected chi connectivity index (χ1v) is 19.8. The van der Waals surface area contributed by atoms with Gasteiger partial charge >= 0.3 is 24.3 Å². The van der Waals surface area contributed by atoms with Gasteiger partial charge in [-0.1, -0.05) is 40.2 Å². The Balaban J connectivity index is 0.000000215. The van der Waals surface area contributed by atoms with Gasteiger partial charge in [-0.05, 0) is 38.1 Å². The molecule has 0 saturated carbocycles. The number of benzene rings is 2. The fourth-order valence-corrected chi connectivity index (χ4v) is 7.50. The number of hydrogen-bond donors (Lipinski definition) is 1. The third-order valence-electron chi connectivity index (χ3n) is 7.68. The van der Waals surface area contributed by atoms with Crippen LogP contribution < -0.4 is 5.32 Å². The van der Waals surface area contributed by atoms with Crippen LogP contribution in [0.5, 0.6) is 0 Å². The maximum atomic E-state index is 12.8. The lowest BCUT2D eigenvalue weighted by molar-refractivity contribution is -0.138. The predicted octanol–water partition coefficient (Wildman–Crippen LogP) is 8.34. The first kappa shape index (κ1) is 44.3. The number of carbonyl (C=O) groups excluding carboxylic acids is 2. The molecule has 19 heteroatoms. The van der Waals surface area contributed by atoms with Crippen LogP contribution in [-0.4, -0.2) is 92.6 Å². The monoisotopic (exact) mass is 880 g/mol. The van der Waals surface area contributed by atoms with E-state index in [4.69, 9.17) is 18.9 Å². The molecule has 2 aliphatic rings. The zero-order valence-electron chi connectivity index (χ0n) is 29.9. The lowest BCUT2D eigenvalue weighted by atomic mass is 10.1. The number of nitrogens with zero attached hydrogens (tertiary/aromatic N) is 3. The molecule has 300 valence electrons. The molecule has 2 aliphatic heterocycles. The molecule has 1 N–H and O–H groups in total. The lowest BCUT2D eigenvalue weighted by Crippen LogP contribution is -2.36. The number of rotatable bonds is 9. The number of morpholine rings is 2. The SMILES string of the molecule is C1COCCN1.CCOC(=O)c1sc(-c2ccc(C(F)(F)F)cc2)nc1CBr.CCOC(=O)c1sc(-c2ccc(C(F)(F)F)cc2)nc1CN1CCOCC1. The standard InChI is InChI=1S/C18H19F3N2O3S.C14H11BrF3NO2S.C4H9NO/c1-2-26-17(24)15-14(11-23-7-9-25-10-8-23)22-16(27-15)12-3-5-13(6-4-12)18(19,20)21;1-2-21-13(20)11-10(7-15)19-12(22-11)8-3-5-9(6-4-8)14(16,17)18;1-3-6-4-2-5-1/h3-6H,2,7-11H2,1H3;3-6H,2,7H2,1H3;5H,1-4H2. The summed E-state index contributed by atoms with van der Waals surface area (Å²) in [5.74, 6) is -0.941. The summed E-state index contributed by atoms with van der Waals surface area (Å²) in [7, 11) is 0. The molecule has 0 unspecified atom stereocenters. The van der Waals surface area contributed by atoms with Crippen LogP contribution in [0.4, 0.5) is 26.3 Å². The molecule has 10 nitrogen and oxygen atoms in total. The Morgan fingerprint density at radius 3 is 1.51 bits per heavy atom. The number of halogens is 7. The van der Waals surface area contributed by atoms with Gasteiger partial charge in [0, 0.05) is 49.2 Å². The molecule has 2 aromatic heterocycles. The number of hydrogen-bond acceptors (Lipinski definition) is 12. The second-order valence-corrected chi connectivity index (χ2v) is 14.1. The first-order chi connectivity index (χ1) is 26.2. The number of nitrogens with one attached hydrogen (secondary N) is 1. The van der Waals surface area contributed by atoms with Crippen LogP contribution in [-0.2, 0) is 43.2 Å². The van der Waals surface area contributed by atoms with Gasteiger partial charge in [0.25, 0.3) is 0 Å². The minimum absolute atomic E-state index is 0.239. The summed E-state index contributed by atoms with van der Waals surface area (Å²) >= 11 is 5.48. The fraction of sp³-hybridized carbons (Fsp3) is 0.444. The zero-order valence-corrected chi connectivity index (χ0v) is 33.1. The van der Waals surface area contributed by atoms with Gasteiger partial charge in [-0.2, -0.15) is 26.3 Å². The van der Waals surface area contributed by atoms with Crippen LogP contribution in [0.3, 0.4) is 0 Å². The second kappa shape index (κ2) is 21.2. The van der Waals surface area contributed by atoms with Crippen LogP contribution in [0.2, 0.25) is 0 Å². The van der Waals surface area contributed by atoms with Crippen molar-refractivity contribution in [3.05, 3.63) is 80.8 Å². The highest BCUT2D eigenvalue weighted by atomic mass is 79.9. The first-order valence-electron chi connectivity index (χ1n) is 17.1. The quantitative estimate of drug-likeness (QED) is 0.100. The maximum absolute atomic E-state index is 12.8. The van der Waals surface area contributed by atoms with E-state index >= 15 is 0 Å². The number of ether oxygens (including phenoxy) is 4. The molecule has 2 aromatic carbocycles. The van der Waals surface area contributed by atoms with E-state index in [0.29, 0.717) is 67.4 Å². The minimum atomic E-state index is -4.39. The maximum Gasteiger partial charge on any atom is 0.416 e. The highest BCUT2D eigenvalue weighted by Crippen LogP contribution is 2.35. The summed E-state index contributed by atoms with van der Waals surface area (Å²) in [6.45, 7) is 10.9. The Kier molecular flexibility index (Phi) is 17.0. The number of esters is 2. The zero-order chi connectivity index (χ0) is 40.0. The third-order valence-corrected chi connectivity index (χ3v) is 10.5. The van der Waals surface area contributed by atoms with E-state index < -0.39 is 35.4 Å². The molecular formula is C36H39BrF6N4O6S2. The molecule has 0 radical (unpaired) electrons. The summed E-state index contributed by atoms with van der Waals surface area (Å²) in [6, 6.07) is 9.45. The Labute approximate surface area is 330 Å². The van der Waals surface area contributed by atoms with Gasteiger partial charge in [0.15, 0.2) is 0 Å². The van der Waals surface area contributed by atoms with Crippen molar-refractivity contribution < 1.29 is 54.9 Å². The molecule has 55 heavy (non-hydrogen) atoms. The molecule has 2 fully saturated rings. The minimum Gasteiger partial charge on any atom is -0.462 e. The average Bonchev–Trinajstić information content (AvgIpc) is 3.81.